The Kier molecular flexibility index (Phi) is 7.53. The maximum absolute atomic E-state index is 12.6. The number of carbonyl (C=O) groups excluding carboxylic acids is 1. The fourth-order valence-electron chi connectivity index (χ4n) is 2.63. The van der Waals surface area contributed by atoms with Crippen molar-refractivity contribution in [2.24, 2.45) is 0 Å². The zero-order chi connectivity index (χ0) is 21.2. The highest BCUT2D eigenvalue weighted by Crippen LogP contribution is 2.33. The van der Waals surface area contributed by atoms with E-state index in [4.69, 9.17) is 4.74 Å². The molecule has 0 aliphatic rings. The number of rotatable bonds is 8. The van der Waals surface area contributed by atoms with Crippen LogP contribution in [0.4, 0.5) is 5.69 Å². The molecule has 0 fully saturated rings. The standard InChI is InChI=1S/C24H21N3O2S/c1-29-20-13-11-18(12-14-20)16-26-17-19(15-25)24(28)27-22-9-5-6-10-23(22)30-21-7-3-2-4-8-21/h2-14,17,26H,16H2,1H3,(H,27,28)/b19-17-. The first-order valence-electron chi connectivity index (χ1n) is 9.29. The summed E-state index contributed by atoms with van der Waals surface area (Å²) in [7, 11) is 1.62. The van der Waals surface area contributed by atoms with Crippen molar-refractivity contribution in [2.75, 3.05) is 12.4 Å². The van der Waals surface area contributed by atoms with Crippen LogP contribution in [0.1, 0.15) is 5.56 Å². The summed E-state index contributed by atoms with van der Waals surface area (Å²) in [5, 5.41) is 15.3. The van der Waals surface area contributed by atoms with Crippen molar-refractivity contribution >= 4 is 23.4 Å². The number of methoxy groups -OCH3 is 1. The third-order valence-corrected chi connectivity index (χ3v) is 5.27. The van der Waals surface area contributed by atoms with Crippen LogP contribution < -0.4 is 15.4 Å². The number of para-hydroxylation sites is 1. The second-order valence-corrected chi connectivity index (χ2v) is 7.38. The monoisotopic (exact) mass is 415 g/mol. The van der Waals surface area contributed by atoms with E-state index in [0.717, 1.165) is 21.1 Å². The molecule has 5 nitrogen and oxygen atoms in total. The van der Waals surface area contributed by atoms with Crippen molar-refractivity contribution in [3.05, 3.63) is 96.2 Å². The minimum absolute atomic E-state index is 0.00280. The zero-order valence-electron chi connectivity index (χ0n) is 16.5. The van der Waals surface area contributed by atoms with Crippen LogP contribution in [0.3, 0.4) is 0 Å². The van der Waals surface area contributed by atoms with Gasteiger partial charge in [0.05, 0.1) is 12.8 Å². The lowest BCUT2D eigenvalue weighted by Crippen LogP contribution is -2.17. The van der Waals surface area contributed by atoms with Crippen LogP contribution in [-0.2, 0) is 11.3 Å². The molecular weight excluding hydrogens is 394 g/mol. The molecule has 150 valence electrons. The van der Waals surface area contributed by atoms with Gasteiger partial charge in [-0.3, -0.25) is 4.79 Å². The summed E-state index contributed by atoms with van der Waals surface area (Å²) >= 11 is 1.55. The van der Waals surface area contributed by atoms with E-state index in [0.29, 0.717) is 12.2 Å². The summed E-state index contributed by atoms with van der Waals surface area (Å²) in [5.41, 5.74) is 1.67. The first kappa shape index (κ1) is 21.0. The van der Waals surface area contributed by atoms with E-state index in [2.05, 4.69) is 10.6 Å². The molecule has 0 heterocycles. The van der Waals surface area contributed by atoms with Gasteiger partial charge in [0.25, 0.3) is 5.91 Å². The summed E-state index contributed by atoms with van der Waals surface area (Å²) in [6, 6.07) is 26.9. The molecule has 2 N–H and O–H groups in total. The lowest BCUT2D eigenvalue weighted by atomic mass is 10.2. The molecule has 0 saturated carbocycles. The summed E-state index contributed by atoms with van der Waals surface area (Å²) in [6.07, 6.45) is 1.44. The highest BCUT2D eigenvalue weighted by Gasteiger charge is 2.12. The van der Waals surface area contributed by atoms with E-state index >= 15 is 0 Å². The van der Waals surface area contributed by atoms with Crippen LogP contribution in [0.15, 0.2) is 100 Å². The van der Waals surface area contributed by atoms with Gasteiger partial charge in [0.2, 0.25) is 0 Å². The van der Waals surface area contributed by atoms with Gasteiger partial charge >= 0.3 is 0 Å². The topological polar surface area (TPSA) is 74.1 Å². The first-order valence-corrected chi connectivity index (χ1v) is 10.1. The van der Waals surface area contributed by atoms with Crippen LogP contribution >= 0.6 is 11.8 Å². The Labute approximate surface area is 180 Å². The summed E-state index contributed by atoms with van der Waals surface area (Å²) in [5.74, 6) is 0.319. The maximum Gasteiger partial charge on any atom is 0.267 e. The second kappa shape index (κ2) is 10.7. The Balaban J connectivity index is 1.65. The lowest BCUT2D eigenvalue weighted by molar-refractivity contribution is -0.112. The Morgan fingerprint density at radius 3 is 2.43 bits per heavy atom. The smallest absolute Gasteiger partial charge is 0.267 e. The highest BCUT2D eigenvalue weighted by atomic mass is 32.2. The maximum atomic E-state index is 12.6. The average Bonchev–Trinajstić information content (AvgIpc) is 2.79. The number of nitrogens with one attached hydrogen (secondary N) is 2. The van der Waals surface area contributed by atoms with E-state index in [-0.39, 0.29) is 5.57 Å². The molecule has 3 rings (SSSR count). The largest absolute Gasteiger partial charge is 0.497 e. The van der Waals surface area contributed by atoms with E-state index in [1.165, 1.54) is 6.20 Å². The molecule has 0 aromatic heterocycles. The Hall–Kier alpha value is -3.69. The van der Waals surface area contributed by atoms with E-state index in [9.17, 15) is 10.1 Å². The van der Waals surface area contributed by atoms with E-state index in [1.807, 2.05) is 84.9 Å². The molecular formula is C24H21N3O2S. The van der Waals surface area contributed by atoms with E-state index < -0.39 is 5.91 Å². The van der Waals surface area contributed by atoms with Crippen molar-refractivity contribution in [3.8, 4) is 11.8 Å². The number of carbonyl (C=O) groups is 1. The molecule has 0 atom stereocenters. The van der Waals surface area contributed by atoms with Crippen LogP contribution in [0, 0.1) is 11.3 Å². The number of nitriles is 1. The molecule has 0 aliphatic carbocycles. The predicted molar refractivity (Wildman–Crippen MR) is 119 cm³/mol. The summed E-state index contributed by atoms with van der Waals surface area (Å²) in [4.78, 5) is 14.6. The molecule has 1 amide bonds. The van der Waals surface area contributed by atoms with Gasteiger partial charge in [0.15, 0.2) is 0 Å². The van der Waals surface area contributed by atoms with Gasteiger partial charge in [-0.05, 0) is 42.0 Å². The van der Waals surface area contributed by atoms with E-state index in [1.54, 1.807) is 18.9 Å². The normalized spacial score (nSPS) is 10.7. The summed E-state index contributed by atoms with van der Waals surface area (Å²) < 4.78 is 5.13. The Bertz CT molecular complexity index is 1060. The average molecular weight is 416 g/mol. The molecule has 0 spiro atoms. The van der Waals surface area contributed by atoms with Gasteiger partial charge in [0.1, 0.15) is 17.4 Å². The molecule has 3 aromatic rings. The van der Waals surface area contributed by atoms with Gasteiger partial charge in [-0.15, -0.1) is 0 Å². The SMILES string of the molecule is COc1ccc(CN/C=C(/C#N)C(=O)Nc2ccccc2Sc2ccccc2)cc1. The Morgan fingerprint density at radius 1 is 1.03 bits per heavy atom. The number of ether oxygens (including phenoxy) is 1. The van der Waals surface area contributed by atoms with Gasteiger partial charge in [-0.2, -0.15) is 5.26 Å². The number of hydrogen-bond acceptors (Lipinski definition) is 5. The van der Waals surface area contributed by atoms with Gasteiger partial charge in [-0.1, -0.05) is 54.2 Å². The number of nitrogens with zero attached hydrogens (tertiary/aromatic N) is 1. The third-order valence-electron chi connectivity index (χ3n) is 4.18. The number of amides is 1. The number of anilines is 1. The molecule has 0 radical (unpaired) electrons. The molecule has 6 heteroatoms. The third kappa shape index (κ3) is 5.90. The quantitative estimate of drug-likeness (QED) is 0.401. The second-order valence-electron chi connectivity index (χ2n) is 6.26. The Morgan fingerprint density at radius 2 is 1.73 bits per heavy atom. The molecule has 3 aromatic carbocycles. The van der Waals surface area contributed by atoms with Crippen molar-refractivity contribution in [1.82, 2.24) is 5.32 Å². The fraction of sp³-hybridized carbons (Fsp3) is 0.0833. The van der Waals surface area contributed by atoms with Gasteiger partial charge in [-0.25, -0.2) is 0 Å². The first-order chi connectivity index (χ1) is 14.7. The van der Waals surface area contributed by atoms with Crippen molar-refractivity contribution in [2.45, 2.75) is 16.3 Å². The minimum atomic E-state index is -0.458. The molecule has 0 unspecified atom stereocenters. The van der Waals surface area contributed by atoms with Crippen molar-refractivity contribution in [1.29, 1.82) is 5.26 Å². The van der Waals surface area contributed by atoms with Gasteiger partial charge < -0.3 is 15.4 Å². The molecule has 0 aliphatic heterocycles. The molecule has 30 heavy (non-hydrogen) atoms. The minimum Gasteiger partial charge on any atom is -0.497 e. The zero-order valence-corrected chi connectivity index (χ0v) is 17.3. The predicted octanol–water partition coefficient (Wildman–Crippen LogP) is 4.98. The lowest BCUT2D eigenvalue weighted by Gasteiger charge is -2.10. The van der Waals surface area contributed by atoms with Crippen molar-refractivity contribution < 1.29 is 9.53 Å². The van der Waals surface area contributed by atoms with Crippen molar-refractivity contribution in [3.63, 3.8) is 0 Å². The van der Waals surface area contributed by atoms with Crippen LogP contribution in [0.2, 0.25) is 0 Å². The fourth-order valence-corrected chi connectivity index (χ4v) is 3.55. The highest BCUT2D eigenvalue weighted by molar-refractivity contribution is 7.99. The number of benzene rings is 3. The van der Waals surface area contributed by atoms with Gasteiger partial charge in [0, 0.05) is 22.5 Å². The molecule has 0 saturated heterocycles. The number of hydrogen-bond donors (Lipinski definition) is 2. The molecule has 0 bridgehead atoms. The van der Waals surface area contributed by atoms with Crippen LogP contribution in [0.5, 0.6) is 5.75 Å². The summed E-state index contributed by atoms with van der Waals surface area (Å²) in [6.45, 7) is 0.489. The van der Waals surface area contributed by atoms with Crippen LogP contribution in [0.25, 0.3) is 0 Å². The van der Waals surface area contributed by atoms with Crippen LogP contribution in [-0.4, -0.2) is 13.0 Å².